The van der Waals surface area contributed by atoms with Crippen LogP contribution in [0.3, 0.4) is 0 Å². The highest BCUT2D eigenvalue weighted by molar-refractivity contribution is 7.17. The minimum absolute atomic E-state index is 0.232. The highest BCUT2D eigenvalue weighted by Gasteiger charge is 2.38. The van der Waals surface area contributed by atoms with Crippen LogP contribution in [0.2, 0.25) is 10.0 Å². The molecular weight excluding hydrogens is 473 g/mol. The van der Waals surface area contributed by atoms with Crippen LogP contribution in [0.4, 0.5) is 5.13 Å². The van der Waals surface area contributed by atoms with Crippen LogP contribution in [-0.2, 0) is 16.1 Å². The van der Waals surface area contributed by atoms with Crippen molar-refractivity contribution >= 4 is 57.5 Å². The van der Waals surface area contributed by atoms with Crippen LogP contribution in [0.15, 0.2) is 18.3 Å². The van der Waals surface area contributed by atoms with Gasteiger partial charge in [0.15, 0.2) is 5.13 Å². The summed E-state index contributed by atoms with van der Waals surface area (Å²) in [5.41, 5.74) is 1.23. The Morgan fingerprint density at radius 1 is 1.25 bits per heavy atom. The third-order valence-electron chi connectivity index (χ3n) is 6.06. The van der Waals surface area contributed by atoms with Crippen molar-refractivity contribution in [1.82, 2.24) is 9.88 Å². The Labute approximate surface area is 200 Å². The summed E-state index contributed by atoms with van der Waals surface area (Å²) in [6, 6.07) is 2.59. The SMILES string of the molecule is COC(=O)c1cnc(NC(=O)[C@H](CC2CCCCC2)N2Cc3cc(Cl)c(Cl)cc3C2=O)s1. The summed E-state index contributed by atoms with van der Waals surface area (Å²) in [5, 5.41) is 3.78. The van der Waals surface area contributed by atoms with Gasteiger partial charge < -0.3 is 15.0 Å². The van der Waals surface area contributed by atoms with Gasteiger partial charge in [-0.3, -0.25) is 9.59 Å². The highest BCUT2D eigenvalue weighted by atomic mass is 35.5. The van der Waals surface area contributed by atoms with Crippen molar-refractivity contribution in [3.8, 4) is 0 Å². The summed E-state index contributed by atoms with van der Waals surface area (Å²) in [5.74, 6) is -0.700. The Bertz CT molecular complexity index is 1050. The van der Waals surface area contributed by atoms with E-state index in [2.05, 4.69) is 10.3 Å². The van der Waals surface area contributed by atoms with Crippen LogP contribution >= 0.6 is 34.5 Å². The van der Waals surface area contributed by atoms with E-state index in [1.54, 1.807) is 17.0 Å². The molecular formula is C22H23Cl2N3O4S. The van der Waals surface area contributed by atoms with Crippen molar-refractivity contribution in [2.24, 2.45) is 5.92 Å². The van der Waals surface area contributed by atoms with E-state index in [9.17, 15) is 14.4 Å². The number of carbonyl (C=O) groups is 3. The van der Waals surface area contributed by atoms with Gasteiger partial charge in [0.2, 0.25) is 5.91 Å². The second-order valence-corrected chi connectivity index (χ2v) is 9.97. The number of rotatable bonds is 6. The lowest BCUT2D eigenvalue weighted by molar-refractivity contribution is -0.121. The number of nitrogens with zero attached hydrogens (tertiary/aromatic N) is 2. The maximum absolute atomic E-state index is 13.3. The van der Waals surface area contributed by atoms with Crippen LogP contribution < -0.4 is 5.32 Å². The van der Waals surface area contributed by atoms with Crippen molar-refractivity contribution in [3.63, 3.8) is 0 Å². The zero-order chi connectivity index (χ0) is 22.8. The van der Waals surface area contributed by atoms with E-state index in [1.807, 2.05) is 0 Å². The van der Waals surface area contributed by atoms with Crippen LogP contribution in [0.1, 0.15) is 64.1 Å². The van der Waals surface area contributed by atoms with E-state index in [0.717, 1.165) is 42.6 Å². The molecule has 1 saturated carbocycles. The number of carbonyl (C=O) groups excluding carboxylic acids is 3. The largest absolute Gasteiger partial charge is 0.465 e. The van der Waals surface area contributed by atoms with Gasteiger partial charge in [-0.1, -0.05) is 66.6 Å². The number of aromatic nitrogens is 1. The fourth-order valence-electron chi connectivity index (χ4n) is 4.41. The molecule has 2 heterocycles. The lowest BCUT2D eigenvalue weighted by atomic mass is 9.84. The Balaban J connectivity index is 1.57. The van der Waals surface area contributed by atoms with Gasteiger partial charge in [-0.25, -0.2) is 9.78 Å². The van der Waals surface area contributed by atoms with E-state index in [4.69, 9.17) is 27.9 Å². The topological polar surface area (TPSA) is 88.6 Å². The van der Waals surface area contributed by atoms with Gasteiger partial charge in [-0.15, -0.1) is 0 Å². The molecule has 4 rings (SSSR count). The predicted molar refractivity (Wildman–Crippen MR) is 123 cm³/mol. The molecule has 1 atom stereocenters. The molecule has 1 fully saturated rings. The van der Waals surface area contributed by atoms with Crippen LogP contribution in [0.5, 0.6) is 0 Å². The van der Waals surface area contributed by atoms with E-state index in [0.29, 0.717) is 44.5 Å². The minimum Gasteiger partial charge on any atom is -0.465 e. The zero-order valence-corrected chi connectivity index (χ0v) is 19.9. The van der Waals surface area contributed by atoms with Crippen molar-refractivity contribution in [2.75, 3.05) is 12.4 Å². The smallest absolute Gasteiger partial charge is 0.349 e. The average molecular weight is 496 g/mol. The number of methoxy groups -OCH3 is 1. The van der Waals surface area contributed by atoms with Crippen LogP contribution in [0.25, 0.3) is 0 Å². The summed E-state index contributed by atoms with van der Waals surface area (Å²) in [6.07, 6.45) is 7.49. The molecule has 170 valence electrons. The van der Waals surface area contributed by atoms with Crippen molar-refractivity contribution < 1.29 is 19.1 Å². The number of hydrogen-bond acceptors (Lipinski definition) is 6. The maximum Gasteiger partial charge on any atom is 0.349 e. The molecule has 1 aromatic carbocycles. The fraction of sp³-hybridized carbons (Fsp3) is 0.455. The van der Waals surface area contributed by atoms with E-state index in [-0.39, 0.29) is 11.8 Å². The molecule has 1 aliphatic heterocycles. The van der Waals surface area contributed by atoms with Gasteiger partial charge in [0, 0.05) is 12.1 Å². The average Bonchev–Trinajstić information content (AvgIpc) is 3.37. The van der Waals surface area contributed by atoms with Crippen molar-refractivity contribution in [2.45, 2.75) is 51.1 Å². The summed E-state index contributed by atoms with van der Waals surface area (Å²) in [6.45, 7) is 0.293. The molecule has 0 bridgehead atoms. The van der Waals surface area contributed by atoms with Gasteiger partial charge in [0.25, 0.3) is 5.91 Å². The van der Waals surface area contributed by atoms with Gasteiger partial charge in [0.1, 0.15) is 10.9 Å². The van der Waals surface area contributed by atoms with E-state index < -0.39 is 12.0 Å². The van der Waals surface area contributed by atoms with Gasteiger partial charge in [-0.2, -0.15) is 0 Å². The highest BCUT2D eigenvalue weighted by Crippen LogP contribution is 2.35. The summed E-state index contributed by atoms with van der Waals surface area (Å²) >= 11 is 13.3. The van der Waals surface area contributed by atoms with Gasteiger partial charge in [0.05, 0.1) is 23.4 Å². The summed E-state index contributed by atoms with van der Waals surface area (Å²) in [7, 11) is 1.29. The van der Waals surface area contributed by atoms with Crippen molar-refractivity contribution in [3.05, 3.63) is 44.4 Å². The maximum atomic E-state index is 13.3. The molecule has 7 nitrogen and oxygen atoms in total. The lowest BCUT2D eigenvalue weighted by Gasteiger charge is -2.31. The number of fused-ring (bicyclic) bond motifs is 1. The third kappa shape index (κ3) is 4.77. The predicted octanol–water partition coefficient (Wildman–Crippen LogP) is 5.17. The second-order valence-electron chi connectivity index (χ2n) is 8.12. The molecule has 32 heavy (non-hydrogen) atoms. The minimum atomic E-state index is -0.666. The van der Waals surface area contributed by atoms with Gasteiger partial charge >= 0.3 is 5.97 Å². The van der Waals surface area contributed by atoms with Crippen LogP contribution in [0, 0.1) is 5.92 Å². The number of halogens is 2. The summed E-state index contributed by atoms with van der Waals surface area (Å²) in [4.78, 5) is 44.2. The molecule has 0 saturated heterocycles. The van der Waals surface area contributed by atoms with Gasteiger partial charge in [-0.05, 0) is 30.0 Å². The van der Waals surface area contributed by atoms with Crippen LogP contribution in [-0.4, -0.2) is 40.8 Å². The standard InChI is InChI=1S/C22H23Cl2N3O4S/c1-31-21(30)18-10-25-22(32-18)26-19(28)17(7-12-5-3-2-4-6-12)27-11-13-8-15(23)16(24)9-14(13)20(27)29/h8-10,12,17H,2-7,11H2,1H3,(H,25,26,28)/t17-/m0/s1. The number of amides is 2. The monoisotopic (exact) mass is 495 g/mol. The molecule has 1 aromatic heterocycles. The first-order chi connectivity index (χ1) is 15.4. The Morgan fingerprint density at radius 2 is 1.97 bits per heavy atom. The molecule has 2 amide bonds. The Morgan fingerprint density at radius 3 is 2.69 bits per heavy atom. The number of esters is 1. The molecule has 0 spiro atoms. The number of benzene rings is 1. The normalized spacial score (nSPS) is 17.2. The second kappa shape index (κ2) is 9.77. The number of hydrogen-bond donors (Lipinski definition) is 1. The number of ether oxygens (including phenoxy) is 1. The number of thiazole rings is 1. The molecule has 2 aromatic rings. The first-order valence-corrected chi connectivity index (χ1v) is 12.1. The number of anilines is 1. The molecule has 0 unspecified atom stereocenters. The third-order valence-corrected chi connectivity index (χ3v) is 7.68. The Hall–Kier alpha value is -2.16. The van der Waals surface area contributed by atoms with Crippen molar-refractivity contribution in [1.29, 1.82) is 0 Å². The Kier molecular flexibility index (Phi) is 7.02. The molecule has 1 aliphatic carbocycles. The molecule has 0 radical (unpaired) electrons. The molecule has 1 N–H and O–H groups in total. The van der Waals surface area contributed by atoms with E-state index >= 15 is 0 Å². The molecule has 2 aliphatic rings. The number of nitrogens with one attached hydrogen (secondary N) is 1. The quantitative estimate of drug-likeness (QED) is 0.558. The molecule has 10 heteroatoms. The fourth-order valence-corrected chi connectivity index (χ4v) is 5.50. The first kappa shape index (κ1) is 23.0. The lowest BCUT2D eigenvalue weighted by Crippen LogP contribution is -2.45. The first-order valence-electron chi connectivity index (χ1n) is 10.5. The zero-order valence-electron chi connectivity index (χ0n) is 17.5. The van der Waals surface area contributed by atoms with E-state index in [1.165, 1.54) is 19.7 Å². The summed E-state index contributed by atoms with van der Waals surface area (Å²) < 4.78 is 4.70.